The number of benzene rings is 1. The van der Waals surface area contributed by atoms with Crippen LogP contribution in [0.3, 0.4) is 0 Å². The first kappa shape index (κ1) is 11.5. The van der Waals surface area contributed by atoms with Gasteiger partial charge in [-0.3, -0.25) is 0 Å². The molecule has 0 bridgehead atoms. The first-order chi connectivity index (χ1) is 6.72. The Bertz CT molecular complexity index is 260. The number of hydrogen-bond acceptors (Lipinski definition) is 2. The molecule has 1 atom stereocenters. The highest BCUT2D eigenvalue weighted by molar-refractivity contribution is 6.30. The van der Waals surface area contributed by atoms with Crippen molar-refractivity contribution in [2.45, 2.75) is 26.0 Å². The molecule has 0 saturated heterocycles. The Morgan fingerprint density at radius 2 is 2.00 bits per heavy atom. The molecule has 0 heterocycles. The molecule has 1 rings (SSSR count). The van der Waals surface area contributed by atoms with Crippen molar-refractivity contribution in [1.29, 1.82) is 0 Å². The third-order valence-electron chi connectivity index (χ3n) is 2.04. The lowest BCUT2D eigenvalue weighted by Gasteiger charge is -2.09. The molecule has 0 fully saturated rings. The van der Waals surface area contributed by atoms with E-state index in [4.69, 9.17) is 22.1 Å². The Morgan fingerprint density at radius 3 is 2.57 bits per heavy atom. The van der Waals surface area contributed by atoms with Crippen molar-refractivity contribution in [3.05, 3.63) is 34.9 Å². The van der Waals surface area contributed by atoms with Crippen molar-refractivity contribution in [2.75, 3.05) is 6.61 Å². The minimum atomic E-state index is 0.141. The number of nitrogens with two attached hydrogens (primary N) is 1. The van der Waals surface area contributed by atoms with E-state index in [2.05, 4.69) is 6.92 Å². The fourth-order valence-corrected chi connectivity index (χ4v) is 1.15. The molecule has 3 heteroatoms. The molecular weight excluding hydrogens is 198 g/mol. The summed E-state index contributed by atoms with van der Waals surface area (Å²) in [6.45, 7) is 3.26. The maximum absolute atomic E-state index is 5.76. The van der Waals surface area contributed by atoms with E-state index in [-0.39, 0.29) is 6.04 Å². The van der Waals surface area contributed by atoms with E-state index in [0.29, 0.717) is 13.2 Å². The summed E-state index contributed by atoms with van der Waals surface area (Å²) in [7, 11) is 0. The van der Waals surface area contributed by atoms with Crippen molar-refractivity contribution in [1.82, 2.24) is 0 Å². The van der Waals surface area contributed by atoms with E-state index in [9.17, 15) is 0 Å². The lowest BCUT2D eigenvalue weighted by molar-refractivity contribution is 0.107. The summed E-state index contributed by atoms with van der Waals surface area (Å²) in [5.41, 5.74) is 6.84. The van der Waals surface area contributed by atoms with Crippen molar-refractivity contribution in [3.63, 3.8) is 0 Å². The molecule has 0 aromatic heterocycles. The van der Waals surface area contributed by atoms with E-state index in [1.165, 1.54) is 0 Å². The zero-order valence-electron chi connectivity index (χ0n) is 8.37. The van der Waals surface area contributed by atoms with E-state index in [1.807, 2.05) is 24.3 Å². The molecule has 0 aliphatic carbocycles. The molecule has 0 saturated carbocycles. The molecule has 0 aliphatic rings. The molecule has 1 aromatic carbocycles. The summed E-state index contributed by atoms with van der Waals surface area (Å²) in [4.78, 5) is 0. The molecule has 0 radical (unpaired) electrons. The predicted octanol–water partition coefficient (Wildman–Crippen LogP) is 2.59. The SMILES string of the molecule is CC[C@@H](N)COCc1ccc(Cl)cc1. The molecule has 14 heavy (non-hydrogen) atoms. The molecule has 0 unspecified atom stereocenters. The van der Waals surface area contributed by atoms with Gasteiger partial charge in [0.15, 0.2) is 0 Å². The fourth-order valence-electron chi connectivity index (χ4n) is 1.03. The minimum Gasteiger partial charge on any atom is -0.375 e. The standard InChI is InChI=1S/C11H16ClNO/c1-2-11(13)8-14-7-9-3-5-10(12)6-4-9/h3-6,11H,2,7-8,13H2,1H3/t11-/m1/s1. The highest BCUT2D eigenvalue weighted by Gasteiger charge is 1.99. The second-order valence-corrected chi connectivity index (χ2v) is 3.75. The summed E-state index contributed by atoms with van der Waals surface area (Å²) in [5, 5.41) is 0.749. The Morgan fingerprint density at radius 1 is 1.36 bits per heavy atom. The van der Waals surface area contributed by atoms with Crippen LogP contribution in [0.15, 0.2) is 24.3 Å². The van der Waals surface area contributed by atoms with Crippen LogP contribution >= 0.6 is 11.6 Å². The van der Waals surface area contributed by atoms with Crippen LogP contribution in [0.4, 0.5) is 0 Å². The second kappa shape index (κ2) is 6.02. The van der Waals surface area contributed by atoms with Gasteiger partial charge in [-0.2, -0.15) is 0 Å². The zero-order valence-corrected chi connectivity index (χ0v) is 9.13. The van der Waals surface area contributed by atoms with Gasteiger partial charge in [-0.05, 0) is 24.1 Å². The zero-order chi connectivity index (χ0) is 10.4. The topological polar surface area (TPSA) is 35.2 Å². The lowest BCUT2D eigenvalue weighted by atomic mass is 10.2. The maximum Gasteiger partial charge on any atom is 0.0717 e. The van der Waals surface area contributed by atoms with Gasteiger partial charge in [0, 0.05) is 11.1 Å². The first-order valence-electron chi connectivity index (χ1n) is 4.80. The van der Waals surface area contributed by atoms with Gasteiger partial charge < -0.3 is 10.5 Å². The van der Waals surface area contributed by atoms with Crippen LogP contribution in [0.2, 0.25) is 5.02 Å². The molecule has 0 spiro atoms. The third kappa shape index (κ3) is 4.09. The third-order valence-corrected chi connectivity index (χ3v) is 2.29. The second-order valence-electron chi connectivity index (χ2n) is 3.31. The molecular formula is C11H16ClNO. The molecule has 0 aliphatic heterocycles. The maximum atomic E-state index is 5.76. The van der Waals surface area contributed by atoms with Gasteiger partial charge in [0.25, 0.3) is 0 Å². The van der Waals surface area contributed by atoms with Crippen LogP contribution < -0.4 is 5.73 Å². The molecule has 2 nitrogen and oxygen atoms in total. The first-order valence-corrected chi connectivity index (χ1v) is 5.18. The quantitative estimate of drug-likeness (QED) is 0.816. The summed E-state index contributed by atoms with van der Waals surface area (Å²) < 4.78 is 5.44. The van der Waals surface area contributed by atoms with Gasteiger partial charge in [-0.25, -0.2) is 0 Å². The van der Waals surface area contributed by atoms with Crippen molar-refractivity contribution in [3.8, 4) is 0 Å². The highest BCUT2D eigenvalue weighted by Crippen LogP contribution is 2.10. The van der Waals surface area contributed by atoms with Gasteiger partial charge in [0.05, 0.1) is 13.2 Å². The molecule has 0 amide bonds. The molecule has 2 N–H and O–H groups in total. The largest absolute Gasteiger partial charge is 0.375 e. The highest BCUT2D eigenvalue weighted by atomic mass is 35.5. The molecule has 1 aromatic rings. The number of rotatable bonds is 5. The van der Waals surface area contributed by atoms with Crippen LogP contribution in [0.25, 0.3) is 0 Å². The molecule has 78 valence electrons. The van der Waals surface area contributed by atoms with Crippen molar-refractivity contribution < 1.29 is 4.74 Å². The van der Waals surface area contributed by atoms with Crippen LogP contribution in [0.1, 0.15) is 18.9 Å². The average Bonchev–Trinajstić information content (AvgIpc) is 2.21. The lowest BCUT2D eigenvalue weighted by Crippen LogP contribution is -2.24. The van der Waals surface area contributed by atoms with Gasteiger partial charge >= 0.3 is 0 Å². The Labute approximate surface area is 90.0 Å². The van der Waals surface area contributed by atoms with Crippen molar-refractivity contribution >= 4 is 11.6 Å². The Kier molecular flexibility index (Phi) is 4.94. The van der Waals surface area contributed by atoms with Gasteiger partial charge in [-0.15, -0.1) is 0 Å². The number of hydrogen-bond donors (Lipinski definition) is 1. The van der Waals surface area contributed by atoms with Gasteiger partial charge in [-0.1, -0.05) is 30.7 Å². The smallest absolute Gasteiger partial charge is 0.0717 e. The Hall–Kier alpha value is -0.570. The average molecular weight is 214 g/mol. The number of halogens is 1. The summed E-state index contributed by atoms with van der Waals surface area (Å²) in [5.74, 6) is 0. The Balaban J connectivity index is 2.28. The van der Waals surface area contributed by atoms with E-state index in [1.54, 1.807) is 0 Å². The van der Waals surface area contributed by atoms with E-state index < -0.39 is 0 Å². The summed E-state index contributed by atoms with van der Waals surface area (Å²) in [6.07, 6.45) is 0.945. The number of ether oxygens (including phenoxy) is 1. The van der Waals surface area contributed by atoms with Crippen LogP contribution in [0, 0.1) is 0 Å². The van der Waals surface area contributed by atoms with Gasteiger partial charge in [0.2, 0.25) is 0 Å². The summed E-state index contributed by atoms with van der Waals surface area (Å²) >= 11 is 5.76. The van der Waals surface area contributed by atoms with E-state index in [0.717, 1.165) is 17.0 Å². The van der Waals surface area contributed by atoms with Gasteiger partial charge in [0.1, 0.15) is 0 Å². The monoisotopic (exact) mass is 213 g/mol. The van der Waals surface area contributed by atoms with Crippen LogP contribution in [0.5, 0.6) is 0 Å². The van der Waals surface area contributed by atoms with Crippen LogP contribution in [-0.4, -0.2) is 12.6 Å². The summed E-state index contributed by atoms with van der Waals surface area (Å²) in [6, 6.07) is 7.78. The minimum absolute atomic E-state index is 0.141. The van der Waals surface area contributed by atoms with Crippen LogP contribution in [-0.2, 0) is 11.3 Å². The fraction of sp³-hybridized carbons (Fsp3) is 0.455. The van der Waals surface area contributed by atoms with E-state index >= 15 is 0 Å². The predicted molar refractivity (Wildman–Crippen MR) is 59.4 cm³/mol. The van der Waals surface area contributed by atoms with Crippen molar-refractivity contribution in [2.24, 2.45) is 5.73 Å². The normalized spacial score (nSPS) is 12.8.